The quantitative estimate of drug-likeness (QED) is 0.607. The molecule has 32 heavy (non-hydrogen) atoms. The lowest BCUT2D eigenvalue weighted by Gasteiger charge is -2.32. The average molecular weight is 439 g/mol. The molecule has 0 spiro atoms. The number of aromatic nitrogens is 3. The topological polar surface area (TPSA) is 72.0 Å². The maximum absolute atomic E-state index is 13.3. The summed E-state index contributed by atoms with van der Waals surface area (Å²) in [6, 6.07) is 11.4. The summed E-state index contributed by atoms with van der Waals surface area (Å²) in [4.78, 5) is 10.9. The van der Waals surface area contributed by atoms with Gasteiger partial charge in [0.05, 0.1) is 5.69 Å². The van der Waals surface area contributed by atoms with Crippen LogP contribution in [0.2, 0.25) is 0 Å². The molecule has 1 atom stereocenters. The molecular formula is C24H28F2N6. The second kappa shape index (κ2) is 9.58. The first kappa shape index (κ1) is 22.1. The van der Waals surface area contributed by atoms with Crippen LogP contribution in [-0.2, 0) is 0 Å². The Labute approximate surface area is 186 Å². The van der Waals surface area contributed by atoms with Gasteiger partial charge in [0.1, 0.15) is 23.0 Å². The van der Waals surface area contributed by atoms with Gasteiger partial charge in [0, 0.05) is 44.0 Å². The molecule has 0 unspecified atom stereocenters. The van der Waals surface area contributed by atoms with E-state index in [9.17, 15) is 8.78 Å². The number of nitrogen functional groups attached to an aromatic ring is 1. The maximum Gasteiger partial charge on any atom is 0.280 e. The molecule has 6 nitrogen and oxygen atoms in total. The molecule has 8 heteroatoms. The number of nitrogens with two attached hydrogens (primary N) is 1. The molecule has 2 aromatic heterocycles. The number of halogens is 2. The standard InChI is InChI=1S/C24H28F2N6/c1-16-5-7-18(8-6-16)24-30-20(4-3-12-31-13-11-28-15-17(31)2)23(27)32(24)19-9-10-29-21(14-19)22(25)26/h3-10,14,17,22,28H,11-13,15,27H2,1-2H3/b4-3-/t17-/m1/s1. The van der Waals surface area contributed by atoms with Gasteiger partial charge in [-0.15, -0.1) is 0 Å². The van der Waals surface area contributed by atoms with Gasteiger partial charge in [-0.25, -0.2) is 13.8 Å². The van der Waals surface area contributed by atoms with Crippen molar-refractivity contribution in [1.29, 1.82) is 0 Å². The molecule has 168 valence electrons. The third-order valence-corrected chi connectivity index (χ3v) is 5.75. The Bertz CT molecular complexity index is 1090. The summed E-state index contributed by atoms with van der Waals surface area (Å²) in [5.41, 5.74) is 9.29. The van der Waals surface area contributed by atoms with Gasteiger partial charge in [0.2, 0.25) is 0 Å². The van der Waals surface area contributed by atoms with Crippen LogP contribution in [0.25, 0.3) is 23.2 Å². The number of alkyl halides is 2. The fourth-order valence-corrected chi connectivity index (χ4v) is 3.88. The lowest BCUT2D eigenvalue weighted by Crippen LogP contribution is -2.49. The number of benzene rings is 1. The summed E-state index contributed by atoms with van der Waals surface area (Å²) < 4.78 is 28.3. The summed E-state index contributed by atoms with van der Waals surface area (Å²) in [5.74, 6) is 1.00. The molecule has 1 aromatic carbocycles. The first-order chi connectivity index (χ1) is 15.4. The van der Waals surface area contributed by atoms with Crippen molar-refractivity contribution >= 4 is 11.9 Å². The number of anilines is 1. The minimum absolute atomic E-state index is 0.296. The number of aryl methyl sites for hydroxylation is 1. The normalized spacial score (nSPS) is 17.5. The van der Waals surface area contributed by atoms with Crippen molar-refractivity contribution in [2.75, 3.05) is 31.9 Å². The molecule has 0 radical (unpaired) electrons. The van der Waals surface area contributed by atoms with Gasteiger partial charge in [0.15, 0.2) is 0 Å². The number of nitrogens with one attached hydrogen (secondary N) is 1. The summed E-state index contributed by atoms with van der Waals surface area (Å²) >= 11 is 0. The van der Waals surface area contributed by atoms with E-state index in [1.807, 2.05) is 37.3 Å². The lowest BCUT2D eigenvalue weighted by molar-refractivity contribution is 0.146. The van der Waals surface area contributed by atoms with Crippen LogP contribution in [0.15, 0.2) is 48.7 Å². The van der Waals surface area contributed by atoms with Crippen LogP contribution in [0.5, 0.6) is 0 Å². The van der Waals surface area contributed by atoms with Crippen LogP contribution in [0.3, 0.4) is 0 Å². The first-order valence-corrected chi connectivity index (χ1v) is 10.7. The van der Waals surface area contributed by atoms with Crippen molar-refractivity contribution in [3.05, 3.63) is 65.6 Å². The smallest absolute Gasteiger partial charge is 0.280 e. The zero-order chi connectivity index (χ0) is 22.7. The summed E-state index contributed by atoms with van der Waals surface area (Å²) in [5, 5.41) is 3.39. The van der Waals surface area contributed by atoms with Gasteiger partial charge in [-0.05, 0) is 32.1 Å². The monoisotopic (exact) mass is 438 g/mol. The van der Waals surface area contributed by atoms with Crippen molar-refractivity contribution in [3.8, 4) is 17.1 Å². The molecule has 3 heterocycles. The van der Waals surface area contributed by atoms with E-state index in [1.165, 1.54) is 12.3 Å². The highest BCUT2D eigenvalue weighted by molar-refractivity contribution is 5.70. The molecule has 0 amide bonds. The molecule has 1 aliphatic rings. The number of rotatable bonds is 6. The zero-order valence-electron chi connectivity index (χ0n) is 18.3. The van der Waals surface area contributed by atoms with Gasteiger partial charge in [-0.3, -0.25) is 14.5 Å². The predicted molar refractivity (Wildman–Crippen MR) is 124 cm³/mol. The largest absolute Gasteiger partial charge is 0.383 e. The number of pyridine rings is 1. The minimum atomic E-state index is -2.66. The van der Waals surface area contributed by atoms with E-state index in [4.69, 9.17) is 10.7 Å². The Balaban J connectivity index is 1.72. The second-order valence-corrected chi connectivity index (χ2v) is 8.10. The molecular weight excluding hydrogens is 410 g/mol. The molecule has 1 fully saturated rings. The minimum Gasteiger partial charge on any atom is -0.383 e. The van der Waals surface area contributed by atoms with E-state index in [0.29, 0.717) is 29.1 Å². The molecule has 1 saturated heterocycles. The van der Waals surface area contributed by atoms with Gasteiger partial charge in [-0.2, -0.15) is 0 Å². The average Bonchev–Trinajstić information content (AvgIpc) is 3.12. The Morgan fingerprint density at radius 2 is 2.03 bits per heavy atom. The maximum atomic E-state index is 13.3. The van der Waals surface area contributed by atoms with Crippen molar-refractivity contribution < 1.29 is 8.78 Å². The van der Waals surface area contributed by atoms with E-state index in [2.05, 4.69) is 28.2 Å². The van der Waals surface area contributed by atoms with E-state index in [-0.39, 0.29) is 5.69 Å². The highest BCUT2D eigenvalue weighted by Crippen LogP contribution is 2.30. The van der Waals surface area contributed by atoms with Gasteiger partial charge < -0.3 is 11.1 Å². The van der Waals surface area contributed by atoms with E-state index in [1.54, 1.807) is 10.6 Å². The van der Waals surface area contributed by atoms with Crippen LogP contribution >= 0.6 is 0 Å². The van der Waals surface area contributed by atoms with Crippen LogP contribution in [-0.4, -0.2) is 51.7 Å². The van der Waals surface area contributed by atoms with Gasteiger partial charge >= 0.3 is 0 Å². The predicted octanol–water partition coefficient (Wildman–Crippen LogP) is 4.07. The lowest BCUT2D eigenvalue weighted by atomic mass is 10.1. The third kappa shape index (κ3) is 4.71. The summed E-state index contributed by atoms with van der Waals surface area (Å²) in [6.07, 6.45) is 2.67. The van der Waals surface area contributed by atoms with Crippen LogP contribution in [0, 0.1) is 6.92 Å². The SMILES string of the molecule is Cc1ccc(-c2nc(/C=C\CN3CCNC[C@H]3C)c(N)n2-c2ccnc(C(F)F)c2)cc1. The molecule has 0 bridgehead atoms. The Morgan fingerprint density at radius 1 is 1.25 bits per heavy atom. The number of hydrogen-bond acceptors (Lipinski definition) is 5. The number of nitrogens with zero attached hydrogens (tertiary/aromatic N) is 4. The molecule has 0 saturated carbocycles. The fourth-order valence-electron chi connectivity index (χ4n) is 3.88. The van der Waals surface area contributed by atoms with Crippen molar-refractivity contribution in [3.63, 3.8) is 0 Å². The zero-order valence-corrected chi connectivity index (χ0v) is 18.3. The molecule has 3 N–H and O–H groups in total. The summed E-state index contributed by atoms with van der Waals surface area (Å²) in [6.45, 7) is 7.92. The van der Waals surface area contributed by atoms with Gasteiger partial charge in [-0.1, -0.05) is 35.9 Å². The number of imidazole rings is 1. The summed E-state index contributed by atoms with van der Waals surface area (Å²) in [7, 11) is 0. The Hall–Kier alpha value is -3.10. The second-order valence-electron chi connectivity index (χ2n) is 8.10. The molecule has 3 aromatic rings. The molecule has 0 aliphatic carbocycles. The van der Waals surface area contributed by atoms with E-state index < -0.39 is 6.43 Å². The van der Waals surface area contributed by atoms with Crippen LogP contribution < -0.4 is 11.1 Å². The first-order valence-electron chi connectivity index (χ1n) is 10.7. The van der Waals surface area contributed by atoms with Crippen molar-refractivity contribution in [2.45, 2.75) is 26.3 Å². The van der Waals surface area contributed by atoms with Crippen LogP contribution in [0.1, 0.15) is 30.3 Å². The van der Waals surface area contributed by atoms with Crippen LogP contribution in [0.4, 0.5) is 14.6 Å². The van der Waals surface area contributed by atoms with Gasteiger partial charge in [0.25, 0.3) is 6.43 Å². The highest BCUT2D eigenvalue weighted by atomic mass is 19.3. The van der Waals surface area contributed by atoms with E-state index in [0.717, 1.165) is 37.3 Å². The molecule has 4 rings (SSSR count). The van der Waals surface area contributed by atoms with Crippen molar-refractivity contribution in [1.82, 2.24) is 24.8 Å². The highest BCUT2D eigenvalue weighted by Gasteiger charge is 2.19. The number of hydrogen-bond donors (Lipinski definition) is 2. The van der Waals surface area contributed by atoms with Crippen molar-refractivity contribution in [2.24, 2.45) is 0 Å². The number of piperazine rings is 1. The van der Waals surface area contributed by atoms with E-state index >= 15 is 0 Å². The Morgan fingerprint density at radius 3 is 2.75 bits per heavy atom. The third-order valence-electron chi connectivity index (χ3n) is 5.75. The fraction of sp³-hybridized carbons (Fsp3) is 0.333. The Kier molecular flexibility index (Phi) is 6.62. The molecule has 1 aliphatic heterocycles.